The maximum absolute atomic E-state index is 12.4. The molecule has 1 saturated carbocycles. The van der Waals surface area contributed by atoms with Crippen LogP contribution in [-0.2, 0) is 6.54 Å². The van der Waals surface area contributed by atoms with Gasteiger partial charge < -0.3 is 5.32 Å². The summed E-state index contributed by atoms with van der Waals surface area (Å²) >= 11 is 6.12. The zero-order chi connectivity index (χ0) is 14.5. The van der Waals surface area contributed by atoms with Crippen LogP contribution >= 0.6 is 11.6 Å². The summed E-state index contributed by atoms with van der Waals surface area (Å²) in [5.41, 5.74) is 0.415. The highest BCUT2D eigenvalue weighted by atomic mass is 35.5. The number of aromatic nitrogens is 2. The van der Waals surface area contributed by atoms with Crippen molar-refractivity contribution in [3.05, 3.63) is 21.6 Å². The van der Waals surface area contributed by atoms with Gasteiger partial charge in [0.1, 0.15) is 5.69 Å². The van der Waals surface area contributed by atoms with Crippen molar-refractivity contribution in [3.63, 3.8) is 0 Å². The van der Waals surface area contributed by atoms with Gasteiger partial charge in [0, 0.05) is 12.6 Å². The molecule has 1 aromatic rings. The van der Waals surface area contributed by atoms with E-state index in [9.17, 15) is 4.79 Å². The number of hydrogen-bond donors (Lipinski definition) is 1. The SMILES string of the molecule is CCCCCC(C)Nc1c(Cl)cnn(CC2CC2)c1=O. The average molecular weight is 298 g/mol. The molecule has 0 amide bonds. The van der Waals surface area contributed by atoms with Crippen molar-refractivity contribution in [1.82, 2.24) is 9.78 Å². The molecule has 0 spiro atoms. The summed E-state index contributed by atoms with van der Waals surface area (Å²) in [5, 5.41) is 7.82. The molecule has 5 heteroatoms. The van der Waals surface area contributed by atoms with Gasteiger partial charge in [0.15, 0.2) is 0 Å². The van der Waals surface area contributed by atoms with Crippen LogP contribution in [0.4, 0.5) is 5.69 Å². The molecule has 0 bridgehead atoms. The predicted octanol–water partition coefficient (Wildman–Crippen LogP) is 3.69. The average Bonchev–Trinajstić information content (AvgIpc) is 3.22. The van der Waals surface area contributed by atoms with Gasteiger partial charge in [-0.2, -0.15) is 5.10 Å². The number of unbranched alkanes of at least 4 members (excludes halogenated alkanes) is 2. The Morgan fingerprint density at radius 3 is 2.90 bits per heavy atom. The van der Waals surface area contributed by atoms with Crippen molar-refractivity contribution < 1.29 is 0 Å². The van der Waals surface area contributed by atoms with Gasteiger partial charge in [0.25, 0.3) is 5.56 Å². The first-order chi connectivity index (χ1) is 9.61. The second-order valence-corrected chi connectivity index (χ2v) is 6.25. The first kappa shape index (κ1) is 15.4. The molecule has 0 saturated heterocycles. The third-order valence-corrected chi connectivity index (χ3v) is 4.04. The molecule has 112 valence electrons. The Kier molecular flexibility index (Phi) is 5.46. The van der Waals surface area contributed by atoms with Crippen molar-refractivity contribution in [2.45, 2.75) is 65.0 Å². The van der Waals surface area contributed by atoms with Crippen LogP contribution in [0.15, 0.2) is 11.0 Å². The van der Waals surface area contributed by atoms with E-state index in [1.165, 1.54) is 32.1 Å². The molecule has 1 heterocycles. The molecule has 1 fully saturated rings. The Bertz CT molecular complexity index is 496. The van der Waals surface area contributed by atoms with Gasteiger partial charge in [-0.15, -0.1) is 0 Å². The van der Waals surface area contributed by atoms with Crippen LogP contribution in [0.2, 0.25) is 5.02 Å². The van der Waals surface area contributed by atoms with Crippen LogP contribution in [0.5, 0.6) is 0 Å². The summed E-state index contributed by atoms with van der Waals surface area (Å²) in [6, 6.07) is 0.253. The van der Waals surface area contributed by atoms with Crippen LogP contribution in [0, 0.1) is 5.92 Å². The lowest BCUT2D eigenvalue weighted by Gasteiger charge is -2.16. The summed E-state index contributed by atoms with van der Waals surface area (Å²) in [4.78, 5) is 12.4. The largest absolute Gasteiger partial charge is 0.377 e. The molecular weight excluding hydrogens is 274 g/mol. The predicted molar refractivity (Wildman–Crippen MR) is 83.5 cm³/mol. The van der Waals surface area contributed by atoms with Crippen molar-refractivity contribution in [2.24, 2.45) is 5.92 Å². The van der Waals surface area contributed by atoms with Crippen molar-refractivity contribution in [3.8, 4) is 0 Å². The molecule has 20 heavy (non-hydrogen) atoms. The van der Waals surface area contributed by atoms with Crippen LogP contribution < -0.4 is 10.9 Å². The quantitative estimate of drug-likeness (QED) is 0.745. The van der Waals surface area contributed by atoms with E-state index in [1.54, 1.807) is 10.9 Å². The summed E-state index contributed by atoms with van der Waals surface area (Å²) in [7, 11) is 0. The fourth-order valence-corrected chi connectivity index (χ4v) is 2.47. The lowest BCUT2D eigenvalue weighted by atomic mass is 10.1. The maximum Gasteiger partial charge on any atom is 0.291 e. The van der Waals surface area contributed by atoms with Crippen LogP contribution in [-0.4, -0.2) is 15.8 Å². The van der Waals surface area contributed by atoms with Crippen LogP contribution in [0.3, 0.4) is 0 Å². The minimum Gasteiger partial charge on any atom is -0.377 e. The summed E-state index contributed by atoms with van der Waals surface area (Å²) in [6.45, 7) is 5.00. The Hall–Kier alpha value is -1.03. The Morgan fingerprint density at radius 1 is 1.50 bits per heavy atom. The highest BCUT2D eigenvalue weighted by molar-refractivity contribution is 6.33. The lowest BCUT2D eigenvalue weighted by Crippen LogP contribution is -2.29. The number of hydrogen-bond acceptors (Lipinski definition) is 3. The minimum absolute atomic E-state index is 0.0910. The van der Waals surface area contributed by atoms with E-state index in [2.05, 4.69) is 24.3 Å². The topological polar surface area (TPSA) is 46.9 Å². The van der Waals surface area contributed by atoms with Gasteiger partial charge in [-0.3, -0.25) is 4.79 Å². The van der Waals surface area contributed by atoms with E-state index in [-0.39, 0.29) is 11.6 Å². The van der Waals surface area contributed by atoms with Crippen molar-refractivity contribution in [1.29, 1.82) is 0 Å². The van der Waals surface area contributed by atoms with Crippen molar-refractivity contribution >= 4 is 17.3 Å². The molecule has 1 aliphatic carbocycles. The molecule has 1 unspecified atom stereocenters. The second-order valence-electron chi connectivity index (χ2n) is 5.84. The molecule has 1 aliphatic rings. The molecule has 1 atom stereocenters. The smallest absolute Gasteiger partial charge is 0.291 e. The number of nitrogens with zero attached hydrogens (tertiary/aromatic N) is 2. The van der Waals surface area contributed by atoms with Gasteiger partial charge in [-0.25, -0.2) is 4.68 Å². The van der Waals surface area contributed by atoms with E-state index >= 15 is 0 Å². The van der Waals surface area contributed by atoms with E-state index in [4.69, 9.17) is 11.6 Å². The second kappa shape index (κ2) is 7.11. The normalized spacial score (nSPS) is 16.1. The number of nitrogens with one attached hydrogen (secondary N) is 1. The number of anilines is 1. The third-order valence-electron chi connectivity index (χ3n) is 3.76. The van der Waals surface area contributed by atoms with Gasteiger partial charge in [0.2, 0.25) is 0 Å². The van der Waals surface area contributed by atoms with Crippen molar-refractivity contribution in [2.75, 3.05) is 5.32 Å². The zero-order valence-corrected chi connectivity index (χ0v) is 13.1. The first-order valence-corrected chi connectivity index (χ1v) is 8.01. The molecule has 2 rings (SSSR count). The maximum atomic E-state index is 12.4. The van der Waals surface area contributed by atoms with Crippen LogP contribution in [0.1, 0.15) is 52.4 Å². The lowest BCUT2D eigenvalue weighted by molar-refractivity contribution is 0.533. The summed E-state index contributed by atoms with van der Waals surface area (Å²) in [5.74, 6) is 0.621. The zero-order valence-electron chi connectivity index (χ0n) is 12.4. The molecule has 1 aromatic heterocycles. The Labute approximate surface area is 125 Å². The first-order valence-electron chi connectivity index (χ1n) is 7.64. The highest BCUT2D eigenvalue weighted by Gasteiger charge is 2.23. The van der Waals surface area contributed by atoms with Gasteiger partial charge in [-0.1, -0.05) is 37.8 Å². The van der Waals surface area contributed by atoms with Gasteiger partial charge in [-0.05, 0) is 32.1 Å². The van der Waals surface area contributed by atoms with E-state index in [0.29, 0.717) is 16.6 Å². The fraction of sp³-hybridized carbons (Fsp3) is 0.733. The number of halogens is 1. The highest BCUT2D eigenvalue weighted by Crippen LogP contribution is 2.30. The molecule has 1 N–H and O–H groups in total. The van der Waals surface area contributed by atoms with E-state index in [0.717, 1.165) is 13.0 Å². The van der Waals surface area contributed by atoms with Gasteiger partial charge >= 0.3 is 0 Å². The molecule has 0 radical (unpaired) electrons. The Balaban J connectivity index is 2.03. The number of rotatable bonds is 8. The molecule has 0 aromatic carbocycles. The summed E-state index contributed by atoms with van der Waals surface area (Å²) in [6.07, 6.45) is 8.63. The van der Waals surface area contributed by atoms with Crippen LogP contribution in [0.25, 0.3) is 0 Å². The minimum atomic E-state index is -0.0910. The van der Waals surface area contributed by atoms with Gasteiger partial charge in [0.05, 0.1) is 11.2 Å². The molecule has 4 nitrogen and oxygen atoms in total. The molecular formula is C15H24ClN3O. The standard InChI is InChI=1S/C15H24ClN3O/c1-3-4-5-6-11(2)18-14-13(16)9-17-19(15(14)20)10-12-7-8-12/h9,11-12,18H,3-8,10H2,1-2H3. The summed E-state index contributed by atoms with van der Waals surface area (Å²) < 4.78 is 1.55. The fourth-order valence-electron chi connectivity index (χ4n) is 2.29. The van der Waals surface area contributed by atoms with E-state index in [1.807, 2.05) is 0 Å². The Morgan fingerprint density at radius 2 is 2.25 bits per heavy atom. The third kappa shape index (κ3) is 4.23. The monoisotopic (exact) mass is 297 g/mol. The van der Waals surface area contributed by atoms with E-state index < -0.39 is 0 Å². The molecule has 0 aliphatic heterocycles.